The Morgan fingerprint density at radius 3 is 2.78 bits per heavy atom. The van der Waals surface area contributed by atoms with E-state index in [-0.39, 0.29) is 23.0 Å². The van der Waals surface area contributed by atoms with Crippen LogP contribution < -0.4 is 26.2 Å². The highest BCUT2D eigenvalue weighted by Gasteiger charge is 2.27. The topological polar surface area (TPSA) is 120 Å². The lowest BCUT2D eigenvalue weighted by Crippen LogP contribution is -2.31. The van der Waals surface area contributed by atoms with E-state index in [4.69, 9.17) is 15.5 Å². The average molecular weight is 492 g/mol. The van der Waals surface area contributed by atoms with Gasteiger partial charge in [0, 0.05) is 38.4 Å². The number of nitrogens with zero attached hydrogens (tertiary/aromatic N) is 5. The fraction of sp³-hybridized carbons (Fsp3) is 0.280. The van der Waals surface area contributed by atoms with Crippen LogP contribution in [0.25, 0.3) is 16.7 Å². The number of hydrogen-bond acceptors (Lipinski definition) is 7. The molecule has 4 aromatic rings. The molecule has 1 unspecified atom stereocenters. The largest absolute Gasteiger partial charge is 0.494 e. The highest BCUT2D eigenvalue weighted by atomic mass is 19.1. The van der Waals surface area contributed by atoms with Gasteiger partial charge in [0.05, 0.1) is 24.0 Å². The molecule has 5 rings (SSSR count). The summed E-state index contributed by atoms with van der Waals surface area (Å²) >= 11 is 0. The van der Waals surface area contributed by atoms with Gasteiger partial charge < -0.3 is 25.3 Å². The Morgan fingerprint density at radius 1 is 1.25 bits per heavy atom. The number of anilines is 2. The molecule has 11 heteroatoms. The molecule has 1 amide bonds. The predicted octanol–water partition coefficient (Wildman–Crippen LogP) is 2.37. The molecule has 1 aliphatic heterocycles. The molecule has 36 heavy (non-hydrogen) atoms. The molecule has 3 N–H and O–H groups in total. The lowest BCUT2D eigenvalue weighted by Gasteiger charge is -2.22. The molecule has 10 nitrogen and oxygen atoms in total. The smallest absolute Gasteiger partial charge is 0.284 e. The molecule has 186 valence electrons. The number of carbonyl (C=O) groups excluding carboxylic acids is 1. The number of rotatable bonds is 5. The number of imidazole rings is 1. The minimum absolute atomic E-state index is 0.0160. The van der Waals surface area contributed by atoms with Crippen molar-refractivity contribution in [2.45, 2.75) is 19.4 Å². The summed E-state index contributed by atoms with van der Waals surface area (Å²) in [6, 6.07) is 8.76. The molecule has 2 aromatic heterocycles. The summed E-state index contributed by atoms with van der Waals surface area (Å²) in [5, 5.41) is 6.92. The Balaban J connectivity index is 1.57. The van der Waals surface area contributed by atoms with Crippen molar-refractivity contribution in [3.63, 3.8) is 0 Å². The van der Waals surface area contributed by atoms with E-state index in [1.165, 1.54) is 31.5 Å². The SMILES string of the molecule is COc1ccc(F)cc1-n1nccc(C(=O)Nc2ccc3c(nc(C)n3C)c2N2CCC(N)C2)c1=O. The molecule has 1 saturated heterocycles. The number of methoxy groups -OCH3 is 1. The Kier molecular flexibility index (Phi) is 5.92. The molecule has 0 radical (unpaired) electrons. The molecule has 0 spiro atoms. The van der Waals surface area contributed by atoms with Gasteiger partial charge in [-0.05, 0) is 43.7 Å². The summed E-state index contributed by atoms with van der Waals surface area (Å²) in [4.78, 5) is 33.4. The maximum atomic E-state index is 13.9. The normalized spacial score (nSPS) is 15.5. The average Bonchev–Trinajstić information content (AvgIpc) is 3.41. The summed E-state index contributed by atoms with van der Waals surface area (Å²) < 4.78 is 22.1. The van der Waals surface area contributed by atoms with Crippen molar-refractivity contribution < 1.29 is 13.9 Å². The number of aryl methyl sites for hydroxylation is 2. The molecule has 3 heterocycles. The molecular weight excluding hydrogens is 465 g/mol. The first-order valence-electron chi connectivity index (χ1n) is 11.5. The maximum Gasteiger partial charge on any atom is 0.284 e. The fourth-order valence-electron chi connectivity index (χ4n) is 4.55. The third-order valence-electron chi connectivity index (χ3n) is 6.50. The number of aromatic nitrogens is 4. The van der Waals surface area contributed by atoms with Crippen molar-refractivity contribution in [3.8, 4) is 11.4 Å². The standard InChI is InChI=1S/C25H26FN7O3/c1-14-29-22-19(31(14)2)6-5-18(23(22)32-11-9-16(27)13-32)30-24(34)17-8-10-28-33(25(17)35)20-12-15(26)4-7-21(20)36-3/h4-8,10,12,16H,9,11,13,27H2,1-3H3,(H,30,34). The minimum atomic E-state index is -0.710. The number of ether oxygens (including phenoxy) is 1. The van der Waals surface area contributed by atoms with Crippen LogP contribution in [-0.4, -0.2) is 51.5 Å². The van der Waals surface area contributed by atoms with Crippen LogP contribution in [0.2, 0.25) is 0 Å². The van der Waals surface area contributed by atoms with Crippen molar-refractivity contribution in [1.82, 2.24) is 19.3 Å². The van der Waals surface area contributed by atoms with Crippen molar-refractivity contribution in [3.05, 3.63) is 70.2 Å². The van der Waals surface area contributed by atoms with Crippen LogP contribution >= 0.6 is 0 Å². The van der Waals surface area contributed by atoms with Gasteiger partial charge >= 0.3 is 0 Å². The molecule has 1 atom stereocenters. The van der Waals surface area contributed by atoms with Gasteiger partial charge in [0.2, 0.25) is 0 Å². The number of amides is 1. The van der Waals surface area contributed by atoms with E-state index < -0.39 is 17.3 Å². The third kappa shape index (κ3) is 3.97. The van der Waals surface area contributed by atoms with E-state index in [9.17, 15) is 14.0 Å². The molecule has 0 aliphatic carbocycles. The van der Waals surface area contributed by atoms with Crippen LogP contribution in [0.4, 0.5) is 15.8 Å². The quantitative estimate of drug-likeness (QED) is 0.440. The van der Waals surface area contributed by atoms with Crippen LogP contribution in [0.3, 0.4) is 0 Å². The zero-order valence-electron chi connectivity index (χ0n) is 20.2. The van der Waals surface area contributed by atoms with Crippen molar-refractivity contribution in [2.24, 2.45) is 12.8 Å². The third-order valence-corrected chi connectivity index (χ3v) is 6.50. The van der Waals surface area contributed by atoms with E-state index in [0.29, 0.717) is 12.2 Å². The minimum Gasteiger partial charge on any atom is -0.494 e. The molecule has 1 aliphatic rings. The highest BCUT2D eigenvalue weighted by Crippen LogP contribution is 2.36. The summed E-state index contributed by atoms with van der Waals surface area (Å²) in [5.74, 6) is -0.114. The van der Waals surface area contributed by atoms with E-state index in [1.807, 2.05) is 24.6 Å². The number of benzene rings is 2. The lowest BCUT2D eigenvalue weighted by atomic mass is 10.2. The van der Waals surface area contributed by atoms with Crippen molar-refractivity contribution >= 4 is 28.3 Å². The second kappa shape index (κ2) is 9.08. The first-order valence-corrected chi connectivity index (χ1v) is 11.5. The van der Waals surface area contributed by atoms with Gasteiger partial charge in [-0.15, -0.1) is 0 Å². The van der Waals surface area contributed by atoms with Crippen molar-refractivity contribution in [1.29, 1.82) is 0 Å². The van der Waals surface area contributed by atoms with Gasteiger partial charge in [0.1, 0.15) is 34.2 Å². The second-order valence-corrected chi connectivity index (χ2v) is 8.77. The van der Waals surface area contributed by atoms with Gasteiger partial charge in [0.15, 0.2) is 0 Å². The van der Waals surface area contributed by atoms with Crippen LogP contribution in [0, 0.1) is 12.7 Å². The van der Waals surface area contributed by atoms with Gasteiger partial charge in [-0.25, -0.2) is 9.37 Å². The molecule has 0 saturated carbocycles. The first-order chi connectivity index (χ1) is 17.3. The van der Waals surface area contributed by atoms with Gasteiger partial charge in [-0.3, -0.25) is 9.59 Å². The van der Waals surface area contributed by atoms with Gasteiger partial charge in [-0.2, -0.15) is 9.78 Å². The van der Waals surface area contributed by atoms with E-state index >= 15 is 0 Å². The first kappa shape index (κ1) is 23.5. The van der Waals surface area contributed by atoms with Crippen molar-refractivity contribution in [2.75, 3.05) is 30.4 Å². The van der Waals surface area contributed by atoms with Gasteiger partial charge in [-0.1, -0.05) is 0 Å². The maximum absolute atomic E-state index is 13.9. The highest BCUT2D eigenvalue weighted by molar-refractivity contribution is 6.09. The van der Waals surface area contributed by atoms with E-state index in [2.05, 4.69) is 15.3 Å². The number of nitrogens with two attached hydrogens (primary N) is 1. The number of carbonyl (C=O) groups is 1. The molecule has 1 fully saturated rings. The predicted molar refractivity (Wildman–Crippen MR) is 135 cm³/mol. The van der Waals surface area contributed by atoms with Crippen LogP contribution in [0.1, 0.15) is 22.6 Å². The van der Waals surface area contributed by atoms with Gasteiger partial charge in [0.25, 0.3) is 11.5 Å². The summed E-state index contributed by atoms with van der Waals surface area (Å²) in [5.41, 5.74) is 8.35. The van der Waals surface area contributed by atoms with Crippen LogP contribution in [0.15, 0.2) is 47.4 Å². The summed E-state index contributed by atoms with van der Waals surface area (Å²) in [6.07, 6.45) is 2.13. The van der Waals surface area contributed by atoms with Crippen LogP contribution in [0.5, 0.6) is 5.75 Å². The number of nitrogens with one attached hydrogen (secondary N) is 1. The number of fused-ring (bicyclic) bond motifs is 1. The second-order valence-electron chi connectivity index (χ2n) is 8.77. The Labute approximate surface area is 206 Å². The summed E-state index contributed by atoms with van der Waals surface area (Å²) in [7, 11) is 3.34. The van der Waals surface area contributed by atoms with E-state index in [0.717, 1.165) is 46.3 Å². The monoisotopic (exact) mass is 491 g/mol. The van der Waals surface area contributed by atoms with Crippen LogP contribution in [-0.2, 0) is 7.05 Å². The number of hydrogen-bond donors (Lipinski definition) is 2. The lowest BCUT2D eigenvalue weighted by molar-refractivity contribution is 0.102. The molecular formula is C25H26FN7O3. The number of halogens is 1. The fourth-order valence-corrected chi connectivity index (χ4v) is 4.55. The Hall–Kier alpha value is -4.25. The Morgan fingerprint density at radius 2 is 2.06 bits per heavy atom. The zero-order valence-corrected chi connectivity index (χ0v) is 20.2. The van der Waals surface area contributed by atoms with E-state index in [1.54, 1.807) is 6.07 Å². The molecule has 0 bridgehead atoms. The summed E-state index contributed by atoms with van der Waals surface area (Å²) in [6.45, 7) is 3.26. The zero-order chi connectivity index (χ0) is 25.6. The molecule has 2 aromatic carbocycles. The Bertz CT molecular complexity index is 1540.